The summed E-state index contributed by atoms with van der Waals surface area (Å²) in [4.78, 5) is 4.45. The Morgan fingerprint density at radius 1 is 1.32 bits per heavy atom. The van der Waals surface area contributed by atoms with Gasteiger partial charge in [-0.05, 0) is 39.4 Å². The Morgan fingerprint density at radius 2 is 2.00 bits per heavy atom. The van der Waals surface area contributed by atoms with Crippen LogP contribution in [0.3, 0.4) is 0 Å². The van der Waals surface area contributed by atoms with E-state index in [1.807, 2.05) is 13.0 Å². The van der Waals surface area contributed by atoms with Gasteiger partial charge in [-0.15, -0.1) is 0 Å². The zero-order chi connectivity index (χ0) is 14.2. The molecule has 2 N–H and O–H groups in total. The molecule has 1 aliphatic heterocycles. The summed E-state index contributed by atoms with van der Waals surface area (Å²) in [5.74, 6) is -0.171. The second-order valence-corrected chi connectivity index (χ2v) is 6.12. The van der Waals surface area contributed by atoms with E-state index in [0.717, 1.165) is 25.2 Å². The van der Waals surface area contributed by atoms with Gasteiger partial charge in [0, 0.05) is 31.2 Å². The minimum absolute atomic E-state index is 0.0373. The maximum Gasteiger partial charge on any atom is 0.146 e. The predicted molar refractivity (Wildman–Crippen MR) is 77.9 cm³/mol. The van der Waals surface area contributed by atoms with Gasteiger partial charge < -0.3 is 10.6 Å². The van der Waals surface area contributed by atoms with E-state index in [1.165, 1.54) is 6.07 Å². The van der Waals surface area contributed by atoms with E-state index in [1.54, 1.807) is 6.07 Å². The van der Waals surface area contributed by atoms with Gasteiger partial charge in [-0.3, -0.25) is 4.90 Å². The Hall–Kier alpha value is -1.13. The quantitative estimate of drug-likeness (QED) is 0.891. The van der Waals surface area contributed by atoms with Crippen molar-refractivity contribution in [2.24, 2.45) is 5.73 Å². The van der Waals surface area contributed by atoms with E-state index in [2.05, 4.69) is 30.7 Å². The molecule has 1 heterocycles. The second kappa shape index (κ2) is 5.10. The number of benzene rings is 1. The van der Waals surface area contributed by atoms with Crippen molar-refractivity contribution in [3.63, 3.8) is 0 Å². The molecular formula is C15H24FN3. The monoisotopic (exact) mass is 265 g/mol. The molecule has 4 heteroatoms. The smallest absolute Gasteiger partial charge is 0.146 e. The molecule has 0 aliphatic carbocycles. The van der Waals surface area contributed by atoms with Crippen LogP contribution in [0.4, 0.5) is 10.1 Å². The standard InChI is InChI=1S/C15H24FN3/c1-11(17)12-6-5-7-13(16)14(12)19-9-8-18(4)15(2,3)10-19/h5-7,11H,8-10,17H2,1-4H3. The highest BCUT2D eigenvalue weighted by molar-refractivity contribution is 5.56. The van der Waals surface area contributed by atoms with Gasteiger partial charge in [0.2, 0.25) is 0 Å². The zero-order valence-corrected chi connectivity index (χ0v) is 12.3. The van der Waals surface area contributed by atoms with Crippen molar-refractivity contribution in [1.29, 1.82) is 0 Å². The van der Waals surface area contributed by atoms with Gasteiger partial charge >= 0.3 is 0 Å². The topological polar surface area (TPSA) is 32.5 Å². The molecule has 3 nitrogen and oxygen atoms in total. The number of likely N-dealkylation sites (N-methyl/N-ethyl adjacent to an activating group) is 1. The van der Waals surface area contributed by atoms with Crippen LogP contribution in [0.5, 0.6) is 0 Å². The summed E-state index contributed by atoms with van der Waals surface area (Å²) in [6, 6.07) is 5.02. The van der Waals surface area contributed by atoms with Crippen molar-refractivity contribution in [3.8, 4) is 0 Å². The molecule has 19 heavy (non-hydrogen) atoms. The predicted octanol–water partition coefficient (Wildman–Crippen LogP) is 2.38. The maximum atomic E-state index is 14.2. The first-order valence-corrected chi connectivity index (χ1v) is 6.83. The third-order valence-electron chi connectivity index (χ3n) is 4.14. The van der Waals surface area contributed by atoms with Gasteiger partial charge in [0.15, 0.2) is 0 Å². The van der Waals surface area contributed by atoms with Gasteiger partial charge in [0.05, 0.1) is 5.69 Å². The molecule has 1 aliphatic rings. The van der Waals surface area contributed by atoms with E-state index >= 15 is 0 Å². The number of rotatable bonds is 2. The Morgan fingerprint density at radius 3 is 2.58 bits per heavy atom. The normalized spacial score (nSPS) is 21.5. The number of para-hydroxylation sites is 1. The lowest BCUT2D eigenvalue weighted by molar-refractivity contribution is 0.138. The van der Waals surface area contributed by atoms with Crippen LogP contribution >= 0.6 is 0 Å². The maximum absolute atomic E-state index is 14.2. The summed E-state index contributed by atoms with van der Waals surface area (Å²) >= 11 is 0. The first-order valence-electron chi connectivity index (χ1n) is 6.83. The summed E-state index contributed by atoms with van der Waals surface area (Å²) in [6.07, 6.45) is 0. The van der Waals surface area contributed by atoms with Crippen molar-refractivity contribution < 1.29 is 4.39 Å². The SMILES string of the molecule is CC(N)c1cccc(F)c1N1CCN(C)C(C)(C)C1. The summed E-state index contributed by atoms with van der Waals surface area (Å²) in [5, 5.41) is 0. The highest BCUT2D eigenvalue weighted by Crippen LogP contribution is 2.32. The fraction of sp³-hybridized carbons (Fsp3) is 0.600. The summed E-state index contributed by atoms with van der Waals surface area (Å²) in [7, 11) is 2.12. The lowest BCUT2D eigenvalue weighted by Crippen LogP contribution is -2.58. The fourth-order valence-electron chi connectivity index (χ4n) is 2.66. The third-order valence-corrected chi connectivity index (χ3v) is 4.14. The van der Waals surface area contributed by atoms with Crippen LogP contribution in [-0.2, 0) is 0 Å². The molecule has 2 rings (SSSR count). The molecule has 0 bridgehead atoms. The van der Waals surface area contributed by atoms with Crippen LogP contribution in [0, 0.1) is 5.82 Å². The van der Waals surface area contributed by atoms with Crippen LogP contribution in [0.25, 0.3) is 0 Å². The minimum Gasteiger partial charge on any atom is -0.366 e. The van der Waals surface area contributed by atoms with Crippen LogP contribution in [0.1, 0.15) is 32.4 Å². The number of halogens is 1. The van der Waals surface area contributed by atoms with E-state index in [0.29, 0.717) is 5.69 Å². The molecule has 0 aromatic heterocycles. The highest BCUT2D eigenvalue weighted by Gasteiger charge is 2.33. The molecule has 106 valence electrons. The molecule has 1 atom stereocenters. The number of nitrogens with zero attached hydrogens (tertiary/aromatic N) is 2. The molecule has 1 aromatic rings. The molecule has 0 spiro atoms. The second-order valence-electron chi connectivity index (χ2n) is 6.12. The molecule has 1 aromatic carbocycles. The summed E-state index contributed by atoms with van der Waals surface area (Å²) < 4.78 is 14.2. The van der Waals surface area contributed by atoms with Crippen molar-refractivity contribution in [1.82, 2.24) is 4.90 Å². The van der Waals surface area contributed by atoms with E-state index in [4.69, 9.17) is 5.73 Å². The zero-order valence-electron chi connectivity index (χ0n) is 12.3. The van der Waals surface area contributed by atoms with Gasteiger partial charge in [0.1, 0.15) is 5.82 Å². The summed E-state index contributed by atoms with van der Waals surface area (Å²) in [6.45, 7) is 8.85. The molecule has 0 radical (unpaired) electrons. The van der Waals surface area contributed by atoms with Crippen LogP contribution < -0.4 is 10.6 Å². The molecular weight excluding hydrogens is 241 g/mol. The Labute approximate surface area is 115 Å². The lowest BCUT2D eigenvalue weighted by Gasteiger charge is -2.46. The number of anilines is 1. The van der Waals surface area contributed by atoms with Crippen molar-refractivity contribution >= 4 is 5.69 Å². The average molecular weight is 265 g/mol. The van der Waals surface area contributed by atoms with Crippen LogP contribution in [0.15, 0.2) is 18.2 Å². The highest BCUT2D eigenvalue weighted by atomic mass is 19.1. The van der Waals surface area contributed by atoms with E-state index < -0.39 is 0 Å². The molecule has 1 unspecified atom stereocenters. The Bertz CT molecular complexity index is 457. The number of hydrogen-bond acceptors (Lipinski definition) is 3. The molecule has 0 amide bonds. The van der Waals surface area contributed by atoms with Gasteiger partial charge in [-0.2, -0.15) is 0 Å². The number of piperazine rings is 1. The first kappa shape index (κ1) is 14.3. The molecule has 0 saturated carbocycles. The minimum atomic E-state index is -0.171. The van der Waals surface area contributed by atoms with Gasteiger partial charge in [-0.1, -0.05) is 12.1 Å². The van der Waals surface area contributed by atoms with Crippen LogP contribution in [-0.4, -0.2) is 37.1 Å². The van der Waals surface area contributed by atoms with E-state index in [9.17, 15) is 4.39 Å². The number of hydrogen-bond donors (Lipinski definition) is 1. The number of nitrogens with two attached hydrogens (primary N) is 1. The largest absolute Gasteiger partial charge is 0.366 e. The van der Waals surface area contributed by atoms with Gasteiger partial charge in [0.25, 0.3) is 0 Å². The average Bonchev–Trinajstić information content (AvgIpc) is 2.32. The van der Waals surface area contributed by atoms with Gasteiger partial charge in [-0.25, -0.2) is 4.39 Å². The van der Waals surface area contributed by atoms with Crippen molar-refractivity contribution in [3.05, 3.63) is 29.6 Å². The molecule has 1 fully saturated rings. The fourth-order valence-corrected chi connectivity index (χ4v) is 2.66. The lowest BCUT2D eigenvalue weighted by atomic mass is 9.97. The Kier molecular flexibility index (Phi) is 3.83. The summed E-state index contributed by atoms with van der Waals surface area (Å²) in [5.41, 5.74) is 7.59. The van der Waals surface area contributed by atoms with Crippen molar-refractivity contribution in [2.45, 2.75) is 32.4 Å². The molecule has 1 saturated heterocycles. The van der Waals surface area contributed by atoms with Crippen molar-refractivity contribution in [2.75, 3.05) is 31.6 Å². The van der Waals surface area contributed by atoms with E-state index in [-0.39, 0.29) is 17.4 Å². The third kappa shape index (κ3) is 2.74. The van der Waals surface area contributed by atoms with Crippen LogP contribution in [0.2, 0.25) is 0 Å². The Balaban J connectivity index is 2.37. The first-order chi connectivity index (χ1) is 8.83.